The number of hydrogen-bond donors (Lipinski definition) is 2. The van der Waals surface area contributed by atoms with Crippen LogP contribution in [0.4, 0.5) is 0 Å². The van der Waals surface area contributed by atoms with Crippen LogP contribution in [0.25, 0.3) is 0 Å². The second kappa shape index (κ2) is 3.01. The summed E-state index contributed by atoms with van der Waals surface area (Å²) in [6.07, 6.45) is 0.604. The fourth-order valence-corrected chi connectivity index (χ4v) is 1.35. The Hall–Kier alpha value is -0.570. The monoisotopic (exact) mass is 143 g/mol. The minimum absolute atomic E-state index is 0.0463. The smallest absolute Gasteiger partial charge is 0.223 e. The third-order valence-corrected chi connectivity index (χ3v) is 2.06. The molecule has 0 aromatic carbocycles. The Balaban J connectivity index is 2.46. The number of hydrogen-bond acceptors (Lipinski definition) is 2. The van der Waals surface area contributed by atoms with Crippen LogP contribution >= 0.6 is 0 Å². The first-order valence-corrected chi connectivity index (χ1v) is 3.64. The number of aliphatic hydroxyl groups is 1. The van der Waals surface area contributed by atoms with Gasteiger partial charge in [0.15, 0.2) is 0 Å². The standard InChI is InChI=1S/C7H13NO2/c1-5-4-8-7(10)6(5)2-3-9/h5-6,9H,2-4H2,1H3,(H,8,10)/t5-,6+/m1/s1. The van der Waals surface area contributed by atoms with Crippen LogP contribution in [0.2, 0.25) is 0 Å². The molecule has 10 heavy (non-hydrogen) atoms. The summed E-state index contributed by atoms with van der Waals surface area (Å²) in [5.74, 6) is 0.534. The summed E-state index contributed by atoms with van der Waals surface area (Å²) in [4.78, 5) is 11.0. The largest absolute Gasteiger partial charge is 0.396 e. The van der Waals surface area contributed by atoms with E-state index in [4.69, 9.17) is 5.11 Å². The third kappa shape index (κ3) is 1.29. The predicted molar refractivity (Wildman–Crippen MR) is 37.4 cm³/mol. The molecular formula is C7H13NO2. The maximum absolute atomic E-state index is 11.0. The second-order valence-corrected chi connectivity index (χ2v) is 2.84. The summed E-state index contributed by atoms with van der Waals surface area (Å²) in [7, 11) is 0. The van der Waals surface area contributed by atoms with E-state index in [2.05, 4.69) is 5.32 Å². The minimum atomic E-state index is 0.0463. The molecule has 1 heterocycles. The van der Waals surface area contributed by atoms with Gasteiger partial charge in [0.05, 0.1) is 0 Å². The molecule has 1 fully saturated rings. The van der Waals surface area contributed by atoms with E-state index in [0.717, 1.165) is 6.54 Å². The van der Waals surface area contributed by atoms with Crippen LogP contribution in [0.5, 0.6) is 0 Å². The molecule has 3 nitrogen and oxygen atoms in total. The summed E-state index contributed by atoms with van der Waals surface area (Å²) < 4.78 is 0. The van der Waals surface area contributed by atoms with Gasteiger partial charge in [0.25, 0.3) is 0 Å². The van der Waals surface area contributed by atoms with Crippen LogP contribution in [-0.2, 0) is 4.79 Å². The van der Waals surface area contributed by atoms with Crippen molar-refractivity contribution in [2.24, 2.45) is 11.8 Å². The van der Waals surface area contributed by atoms with Crippen molar-refractivity contribution in [3.63, 3.8) is 0 Å². The number of carbonyl (C=O) groups excluding carboxylic acids is 1. The van der Waals surface area contributed by atoms with E-state index in [-0.39, 0.29) is 18.4 Å². The van der Waals surface area contributed by atoms with Gasteiger partial charge in [-0.15, -0.1) is 0 Å². The van der Waals surface area contributed by atoms with Gasteiger partial charge in [-0.25, -0.2) is 0 Å². The summed E-state index contributed by atoms with van der Waals surface area (Å²) in [6.45, 7) is 2.91. The Morgan fingerprint density at radius 1 is 1.80 bits per heavy atom. The van der Waals surface area contributed by atoms with E-state index >= 15 is 0 Å². The van der Waals surface area contributed by atoms with Crippen molar-refractivity contribution >= 4 is 5.91 Å². The van der Waals surface area contributed by atoms with E-state index in [1.54, 1.807) is 0 Å². The van der Waals surface area contributed by atoms with Gasteiger partial charge in [-0.1, -0.05) is 6.92 Å². The van der Waals surface area contributed by atoms with E-state index in [1.165, 1.54) is 0 Å². The lowest BCUT2D eigenvalue weighted by Crippen LogP contribution is -2.20. The maximum Gasteiger partial charge on any atom is 0.223 e. The molecule has 2 N–H and O–H groups in total. The highest BCUT2D eigenvalue weighted by molar-refractivity contribution is 5.81. The first-order valence-electron chi connectivity index (χ1n) is 3.64. The van der Waals surface area contributed by atoms with E-state index in [1.807, 2.05) is 6.92 Å². The molecule has 3 heteroatoms. The number of rotatable bonds is 2. The molecule has 0 aliphatic carbocycles. The molecule has 0 spiro atoms. The van der Waals surface area contributed by atoms with Crippen molar-refractivity contribution < 1.29 is 9.90 Å². The molecule has 1 rings (SSSR count). The molecule has 0 aromatic heterocycles. The van der Waals surface area contributed by atoms with Crippen LogP contribution in [0.15, 0.2) is 0 Å². The molecule has 2 atom stereocenters. The van der Waals surface area contributed by atoms with Crippen LogP contribution in [0.3, 0.4) is 0 Å². The van der Waals surface area contributed by atoms with Gasteiger partial charge in [-0.3, -0.25) is 4.79 Å². The van der Waals surface area contributed by atoms with Crippen molar-refractivity contribution in [3.05, 3.63) is 0 Å². The molecule has 1 aliphatic heterocycles. The van der Waals surface area contributed by atoms with Crippen molar-refractivity contribution in [3.8, 4) is 0 Å². The van der Waals surface area contributed by atoms with Crippen LogP contribution < -0.4 is 5.32 Å². The molecule has 1 saturated heterocycles. The summed E-state index contributed by atoms with van der Waals surface area (Å²) >= 11 is 0. The van der Waals surface area contributed by atoms with Gasteiger partial charge in [-0.2, -0.15) is 0 Å². The second-order valence-electron chi connectivity index (χ2n) is 2.84. The summed E-state index contributed by atoms with van der Waals surface area (Å²) in [6, 6.07) is 0. The number of carbonyl (C=O) groups is 1. The average Bonchev–Trinajstić information content (AvgIpc) is 2.20. The van der Waals surface area contributed by atoms with Gasteiger partial charge in [0.1, 0.15) is 0 Å². The molecule has 58 valence electrons. The molecule has 0 radical (unpaired) electrons. The average molecular weight is 143 g/mol. The van der Waals surface area contributed by atoms with E-state index < -0.39 is 0 Å². The van der Waals surface area contributed by atoms with Crippen molar-refractivity contribution in [1.29, 1.82) is 0 Å². The molecule has 1 amide bonds. The van der Waals surface area contributed by atoms with Gasteiger partial charge >= 0.3 is 0 Å². The Labute approximate surface area is 60.4 Å². The molecular weight excluding hydrogens is 130 g/mol. The molecule has 0 bridgehead atoms. The highest BCUT2D eigenvalue weighted by Gasteiger charge is 2.30. The molecule has 0 aromatic rings. The Morgan fingerprint density at radius 3 is 2.90 bits per heavy atom. The van der Waals surface area contributed by atoms with E-state index in [0.29, 0.717) is 12.3 Å². The van der Waals surface area contributed by atoms with Crippen LogP contribution in [-0.4, -0.2) is 24.2 Å². The van der Waals surface area contributed by atoms with E-state index in [9.17, 15) is 4.79 Å². The fourth-order valence-electron chi connectivity index (χ4n) is 1.35. The molecule has 1 aliphatic rings. The zero-order chi connectivity index (χ0) is 7.56. The summed E-state index contributed by atoms with van der Waals surface area (Å²) in [5, 5.41) is 11.3. The highest BCUT2D eigenvalue weighted by Crippen LogP contribution is 2.19. The third-order valence-electron chi connectivity index (χ3n) is 2.06. The molecule has 0 unspecified atom stereocenters. The Kier molecular flexibility index (Phi) is 2.27. The lowest BCUT2D eigenvalue weighted by atomic mass is 9.95. The minimum Gasteiger partial charge on any atom is -0.396 e. The summed E-state index contributed by atoms with van der Waals surface area (Å²) in [5.41, 5.74) is 0. The van der Waals surface area contributed by atoms with Gasteiger partial charge in [-0.05, 0) is 12.3 Å². The van der Waals surface area contributed by atoms with Gasteiger partial charge in [0, 0.05) is 19.1 Å². The molecule has 0 saturated carbocycles. The predicted octanol–water partition coefficient (Wildman–Crippen LogP) is -0.249. The first kappa shape index (κ1) is 7.54. The quantitative estimate of drug-likeness (QED) is 0.560. The Morgan fingerprint density at radius 2 is 2.50 bits per heavy atom. The zero-order valence-electron chi connectivity index (χ0n) is 6.13. The van der Waals surface area contributed by atoms with Crippen molar-refractivity contribution in [2.75, 3.05) is 13.2 Å². The topological polar surface area (TPSA) is 49.3 Å². The van der Waals surface area contributed by atoms with Gasteiger partial charge in [0.2, 0.25) is 5.91 Å². The highest BCUT2D eigenvalue weighted by atomic mass is 16.3. The lowest BCUT2D eigenvalue weighted by molar-refractivity contribution is -0.123. The maximum atomic E-state index is 11.0. The SMILES string of the molecule is C[C@@H]1CNC(=O)[C@H]1CCO. The number of amides is 1. The lowest BCUT2D eigenvalue weighted by Gasteiger charge is -2.08. The number of aliphatic hydroxyl groups excluding tert-OH is 1. The first-order chi connectivity index (χ1) is 4.75. The zero-order valence-corrected chi connectivity index (χ0v) is 6.13. The number of nitrogens with one attached hydrogen (secondary N) is 1. The normalized spacial score (nSPS) is 32.4. The fraction of sp³-hybridized carbons (Fsp3) is 0.857. The van der Waals surface area contributed by atoms with Crippen LogP contribution in [0, 0.1) is 11.8 Å². The van der Waals surface area contributed by atoms with Gasteiger partial charge < -0.3 is 10.4 Å². The Bertz CT molecular complexity index is 136. The van der Waals surface area contributed by atoms with Crippen LogP contribution in [0.1, 0.15) is 13.3 Å². The van der Waals surface area contributed by atoms with Crippen molar-refractivity contribution in [2.45, 2.75) is 13.3 Å². The van der Waals surface area contributed by atoms with Crippen molar-refractivity contribution in [1.82, 2.24) is 5.32 Å².